The summed E-state index contributed by atoms with van der Waals surface area (Å²) in [5.41, 5.74) is 1.60. The molecule has 0 aromatic heterocycles. The van der Waals surface area contributed by atoms with Crippen LogP contribution in [0.15, 0.2) is 59.5 Å². The maximum Gasteiger partial charge on any atom is 0.321 e. The van der Waals surface area contributed by atoms with Crippen molar-refractivity contribution in [2.45, 2.75) is 18.4 Å². The molecule has 0 atom stereocenters. The zero-order valence-electron chi connectivity index (χ0n) is 13.2. The third-order valence-electron chi connectivity index (χ3n) is 3.45. The molecule has 2 aromatic rings. The lowest BCUT2D eigenvalue weighted by molar-refractivity contribution is 0.220. The predicted molar refractivity (Wildman–Crippen MR) is 91.1 cm³/mol. The molecule has 0 bridgehead atoms. The normalized spacial score (nSPS) is 11.0. The Bertz CT molecular complexity index is 756. The van der Waals surface area contributed by atoms with E-state index in [1.807, 2.05) is 30.3 Å². The topological polar surface area (TPSA) is 66.5 Å². The van der Waals surface area contributed by atoms with Crippen molar-refractivity contribution in [1.29, 1.82) is 0 Å². The lowest BCUT2D eigenvalue weighted by Crippen LogP contribution is -2.30. The molecule has 5 nitrogen and oxygen atoms in total. The highest BCUT2D eigenvalue weighted by Gasteiger charge is 2.12. The average Bonchev–Trinajstić information content (AvgIpc) is 2.56. The Kier molecular flexibility index (Phi) is 5.39. The van der Waals surface area contributed by atoms with E-state index in [-0.39, 0.29) is 16.7 Å². The first-order valence-electron chi connectivity index (χ1n) is 7.31. The molecule has 0 heterocycles. The molecule has 0 unspecified atom stereocenters. The highest BCUT2D eigenvalue weighted by Crippen LogP contribution is 2.16. The van der Waals surface area contributed by atoms with E-state index in [2.05, 4.69) is 5.32 Å². The molecule has 0 saturated carbocycles. The molecule has 2 amide bonds. The number of nitrogens with one attached hydrogen (secondary N) is 1. The van der Waals surface area contributed by atoms with Gasteiger partial charge in [0.25, 0.3) is 0 Å². The zero-order chi connectivity index (χ0) is 16.9. The van der Waals surface area contributed by atoms with Crippen molar-refractivity contribution >= 4 is 21.6 Å². The number of carbonyl (C=O) groups excluding carboxylic acids is 1. The van der Waals surface area contributed by atoms with Crippen molar-refractivity contribution < 1.29 is 13.2 Å². The molecular formula is C17H20N2O3S. The van der Waals surface area contributed by atoms with Crippen LogP contribution < -0.4 is 5.32 Å². The number of urea groups is 1. The quantitative estimate of drug-likeness (QED) is 0.914. The number of amides is 2. The van der Waals surface area contributed by atoms with Crippen LogP contribution in [0.25, 0.3) is 0 Å². The first kappa shape index (κ1) is 17.0. The van der Waals surface area contributed by atoms with E-state index in [1.165, 1.54) is 12.1 Å². The lowest BCUT2D eigenvalue weighted by Gasteiger charge is -2.18. The van der Waals surface area contributed by atoms with Gasteiger partial charge in [-0.1, -0.05) is 37.3 Å². The first-order valence-corrected chi connectivity index (χ1v) is 8.96. The van der Waals surface area contributed by atoms with Gasteiger partial charge in [0.1, 0.15) is 0 Å². The van der Waals surface area contributed by atoms with Crippen molar-refractivity contribution in [3.8, 4) is 0 Å². The molecule has 0 aliphatic carbocycles. The van der Waals surface area contributed by atoms with Gasteiger partial charge in [-0.25, -0.2) is 13.2 Å². The summed E-state index contributed by atoms with van der Waals surface area (Å²) in [5, 5.41) is 2.75. The molecule has 23 heavy (non-hydrogen) atoms. The standard InChI is InChI=1S/C17H20N2O3S/c1-3-23(21,22)16-11-9-15(10-12-16)18-17(20)19(2)13-14-7-5-4-6-8-14/h4-12H,3,13H2,1-2H3,(H,18,20). The molecule has 2 aromatic carbocycles. The van der Waals surface area contributed by atoms with Crippen molar-refractivity contribution in [2.24, 2.45) is 0 Å². The first-order chi connectivity index (χ1) is 10.9. The molecule has 0 aliphatic rings. The molecule has 122 valence electrons. The van der Waals surface area contributed by atoms with Gasteiger partial charge in [0, 0.05) is 19.3 Å². The summed E-state index contributed by atoms with van der Waals surface area (Å²) >= 11 is 0. The molecule has 0 aliphatic heterocycles. The highest BCUT2D eigenvalue weighted by molar-refractivity contribution is 7.91. The number of sulfone groups is 1. The second kappa shape index (κ2) is 7.28. The smallest absolute Gasteiger partial charge is 0.321 e. The van der Waals surface area contributed by atoms with Gasteiger partial charge in [0.2, 0.25) is 0 Å². The number of carbonyl (C=O) groups is 1. The van der Waals surface area contributed by atoms with Crippen molar-refractivity contribution in [2.75, 3.05) is 18.1 Å². The SMILES string of the molecule is CCS(=O)(=O)c1ccc(NC(=O)N(C)Cc2ccccc2)cc1. The van der Waals surface area contributed by atoms with E-state index in [1.54, 1.807) is 31.0 Å². The minimum absolute atomic E-state index is 0.0541. The van der Waals surface area contributed by atoms with Gasteiger partial charge in [-0.3, -0.25) is 0 Å². The van der Waals surface area contributed by atoms with Crippen LogP contribution in [0.4, 0.5) is 10.5 Å². The maximum atomic E-state index is 12.2. The molecule has 0 spiro atoms. The van der Waals surface area contributed by atoms with Gasteiger partial charge >= 0.3 is 6.03 Å². The summed E-state index contributed by atoms with van der Waals surface area (Å²) < 4.78 is 23.5. The van der Waals surface area contributed by atoms with Gasteiger partial charge in [-0.05, 0) is 29.8 Å². The summed E-state index contributed by atoms with van der Waals surface area (Å²) in [6.45, 7) is 2.10. The van der Waals surface area contributed by atoms with Gasteiger partial charge in [-0.2, -0.15) is 0 Å². The zero-order valence-corrected chi connectivity index (χ0v) is 14.0. The van der Waals surface area contributed by atoms with Crippen molar-refractivity contribution in [3.05, 3.63) is 60.2 Å². The molecule has 0 saturated heterocycles. The molecule has 0 fully saturated rings. The van der Waals surface area contributed by atoms with E-state index in [0.717, 1.165) is 5.56 Å². The summed E-state index contributed by atoms with van der Waals surface area (Å²) in [4.78, 5) is 14.0. The molecular weight excluding hydrogens is 312 g/mol. The van der Waals surface area contributed by atoms with E-state index >= 15 is 0 Å². The summed E-state index contributed by atoms with van der Waals surface area (Å²) in [5.74, 6) is 0.0541. The van der Waals surface area contributed by atoms with Gasteiger partial charge < -0.3 is 10.2 Å². The van der Waals surface area contributed by atoms with E-state index in [9.17, 15) is 13.2 Å². The Balaban J connectivity index is 2.00. The Hall–Kier alpha value is -2.34. The number of hydrogen-bond acceptors (Lipinski definition) is 3. The third kappa shape index (κ3) is 4.56. The largest absolute Gasteiger partial charge is 0.323 e. The van der Waals surface area contributed by atoms with Crippen molar-refractivity contribution in [3.63, 3.8) is 0 Å². The van der Waals surface area contributed by atoms with Gasteiger partial charge in [0.15, 0.2) is 9.84 Å². The van der Waals surface area contributed by atoms with Crippen LogP contribution in [0.5, 0.6) is 0 Å². The Morgan fingerprint density at radius 1 is 1.04 bits per heavy atom. The number of nitrogens with zero attached hydrogens (tertiary/aromatic N) is 1. The van der Waals surface area contributed by atoms with E-state index in [4.69, 9.17) is 0 Å². The Morgan fingerprint density at radius 2 is 1.65 bits per heavy atom. The van der Waals surface area contributed by atoms with Crippen molar-refractivity contribution in [1.82, 2.24) is 4.90 Å². The summed E-state index contributed by atoms with van der Waals surface area (Å²) in [7, 11) is -1.52. The predicted octanol–water partition coefficient (Wildman–Crippen LogP) is 3.14. The molecule has 0 radical (unpaired) electrons. The van der Waals surface area contributed by atoms with E-state index in [0.29, 0.717) is 12.2 Å². The number of anilines is 1. The van der Waals surface area contributed by atoms with E-state index < -0.39 is 9.84 Å². The average molecular weight is 332 g/mol. The van der Waals surface area contributed by atoms with Crippen LogP contribution in [0.3, 0.4) is 0 Å². The number of benzene rings is 2. The van der Waals surface area contributed by atoms with Crippen LogP contribution in [0, 0.1) is 0 Å². The Labute approximate surface area is 136 Å². The van der Waals surface area contributed by atoms with Crippen LogP contribution >= 0.6 is 0 Å². The van der Waals surface area contributed by atoms with Crippen LogP contribution in [-0.2, 0) is 16.4 Å². The molecule has 6 heteroatoms. The second-order valence-corrected chi connectivity index (χ2v) is 7.48. The summed E-state index contributed by atoms with van der Waals surface area (Å²) in [6, 6.07) is 15.6. The number of rotatable bonds is 5. The minimum Gasteiger partial charge on any atom is -0.323 e. The third-order valence-corrected chi connectivity index (χ3v) is 5.20. The van der Waals surface area contributed by atoms with Crippen LogP contribution in [0.2, 0.25) is 0 Å². The number of hydrogen-bond donors (Lipinski definition) is 1. The Morgan fingerprint density at radius 3 is 2.22 bits per heavy atom. The maximum absolute atomic E-state index is 12.2. The fraction of sp³-hybridized carbons (Fsp3) is 0.235. The fourth-order valence-electron chi connectivity index (χ4n) is 2.06. The molecule has 1 N–H and O–H groups in total. The molecule has 2 rings (SSSR count). The second-order valence-electron chi connectivity index (χ2n) is 5.20. The van der Waals surface area contributed by atoms with Crippen LogP contribution in [0.1, 0.15) is 12.5 Å². The monoisotopic (exact) mass is 332 g/mol. The van der Waals surface area contributed by atoms with Crippen LogP contribution in [-0.4, -0.2) is 32.1 Å². The summed E-state index contributed by atoms with van der Waals surface area (Å²) in [6.07, 6.45) is 0. The lowest BCUT2D eigenvalue weighted by atomic mass is 10.2. The van der Waals surface area contributed by atoms with Gasteiger partial charge in [0.05, 0.1) is 10.6 Å². The fourth-order valence-corrected chi connectivity index (χ4v) is 2.94. The highest BCUT2D eigenvalue weighted by atomic mass is 32.2. The minimum atomic E-state index is -3.22. The van der Waals surface area contributed by atoms with Gasteiger partial charge in [-0.15, -0.1) is 0 Å².